The van der Waals surface area contributed by atoms with Gasteiger partial charge >= 0.3 is 0 Å². The summed E-state index contributed by atoms with van der Waals surface area (Å²) in [5.41, 5.74) is 0. The fourth-order valence-corrected chi connectivity index (χ4v) is 2.56. The van der Waals surface area contributed by atoms with Gasteiger partial charge in [0.05, 0.1) is 0 Å². The Morgan fingerprint density at radius 2 is 2.06 bits per heavy atom. The van der Waals surface area contributed by atoms with Gasteiger partial charge < -0.3 is 10.1 Å². The van der Waals surface area contributed by atoms with Crippen LogP contribution in [-0.4, -0.2) is 19.7 Å². The van der Waals surface area contributed by atoms with Gasteiger partial charge in [-0.05, 0) is 42.8 Å². The van der Waals surface area contributed by atoms with E-state index in [1.807, 2.05) is 31.3 Å². The molecule has 0 radical (unpaired) electrons. The third-order valence-corrected chi connectivity index (χ3v) is 3.85. The summed E-state index contributed by atoms with van der Waals surface area (Å²) in [4.78, 5) is 1.37. The summed E-state index contributed by atoms with van der Waals surface area (Å²) in [7, 11) is 1.96. The third kappa shape index (κ3) is 4.02. The van der Waals surface area contributed by atoms with Crippen LogP contribution in [-0.2, 0) is 6.42 Å². The summed E-state index contributed by atoms with van der Waals surface area (Å²) in [6.45, 7) is 0.649. The normalized spacial score (nSPS) is 12.3. The molecule has 1 atom stereocenters. The maximum Gasteiger partial charge on any atom is 0.119 e. The van der Waals surface area contributed by atoms with Gasteiger partial charge in [-0.2, -0.15) is 0 Å². The molecule has 4 heteroatoms. The number of hydrogen-bond donors (Lipinski definition) is 1. The van der Waals surface area contributed by atoms with Gasteiger partial charge in [-0.3, -0.25) is 0 Å². The second kappa shape index (κ2) is 6.78. The highest BCUT2D eigenvalue weighted by molar-refractivity contribution is 7.09. The van der Waals surface area contributed by atoms with Crippen molar-refractivity contribution in [3.63, 3.8) is 0 Å². The lowest BCUT2D eigenvalue weighted by Gasteiger charge is -2.16. The monoisotopic (exact) mass is 281 g/mol. The molecule has 18 heavy (non-hydrogen) atoms. The van der Waals surface area contributed by atoms with Gasteiger partial charge in [0.1, 0.15) is 12.4 Å². The van der Waals surface area contributed by atoms with E-state index in [0.29, 0.717) is 12.6 Å². The van der Waals surface area contributed by atoms with Crippen molar-refractivity contribution < 1.29 is 4.74 Å². The third-order valence-electron chi connectivity index (χ3n) is 2.70. The maximum absolute atomic E-state index is 5.83. The number of likely N-dealkylation sites (N-methyl/N-ethyl adjacent to an activating group) is 1. The van der Waals surface area contributed by atoms with Crippen LogP contribution in [0.25, 0.3) is 0 Å². The zero-order valence-corrected chi connectivity index (χ0v) is 11.8. The first-order chi connectivity index (χ1) is 8.78. The van der Waals surface area contributed by atoms with Crippen molar-refractivity contribution in [2.45, 2.75) is 12.5 Å². The zero-order valence-electron chi connectivity index (χ0n) is 10.2. The summed E-state index contributed by atoms with van der Waals surface area (Å²) >= 11 is 7.61. The highest BCUT2D eigenvalue weighted by Gasteiger charge is 2.09. The summed E-state index contributed by atoms with van der Waals surface area (Å²) in [5, 5.41) is 6.10. The Bertz CT molecular complexity index is 455. The Morgan fingerprint density at radius 1 is 1.28 bits per heavy atom. The molecule has 1 aromatic carbocycles. The number of ether oxygens (including phenoxy) is 1. The molecule has 2 aromatic rings. The van der Waals surface area contributed by atoms with Crippen LogP contribution in [0.3, 0.4) is 0 Å². The van der Waals surface area contributed by atoms with E-state index in [9.17, 15) is 0 Å². The molecule has 0 aliphatic heterocycles. The van der Waals surface area contributed by atoms with Gasteiger partial charge in [-0.15, -0.1) is 11.3 Å². The Balaban J connectivity index is 1.85. The summed E-state index contributed by atoms with van der Waals surface area (Å²) in [6, 6.07) is 12.0. The number of rotatable bonds is 6. The Hall–Kier alpha value is -1.03. The Labute approximate surface area is 117 Å². The van der Waals surface area contributed by atoms with Crippen LogP contribution in [0.1, 0.15) is 4.88 Å². The zero-order chi connectivity index (χ0) is 12.8. The van der Waals surface area contributed by atoms with E-state index in [4.69, 9.17) is 16.3 Å². The fourth-order valence-electron chi connectivity index (χ4n) is 1.64. The van der Waals surface area contributed by atoms with E-state index in [1.165, 1.54) is 4.88 Å². The first kappa shape index (κ1) is 13.4. The molecule has 0 amide bonds. The van der Waals surface area contributed by atoms with Crippen molar-refractivity contribution in [2.75, 3.05) is 13.7 Å². The van der Waals surface area contributed by atoms with Gasteiger partial charge in [0.25, 0.3) is 0 Å². The molecule has 0 bridgehead atoms. The highest BCUT2D eigenvalue weighted by atomic mass is 35.5. The van der Waals surface area contributed by atoms with E-state index in [1.54, 1.807) is 11.3 Å². The lowest BCUT2D eigenvalue weighted by atomic mass is 10.2. The van der Waals surface area contributed by atoms with Crippen molar-refractivity contribution in [1.82, 2.24) is 5.32 Å². The number of nitrogens with one attached hydrogen (secondary N) is 1. The molecular formula is C14H16ClNOS. The minimum atomic E-state index is 0.319. The van der Waals surface area contributed by atoms with Crippen LogP contribution >= 0.6 is 22.9 Å². The van der Waals surface area contributed by atoms with E-state index in [2.05, 4.69) is 22.8 Å². The minimum absolute atomic E-state index is 0.319. The number of benzene rings is 1. The summed E-state index contributed by atoms with van der Waals surface area (Å²) in [6.07, 6.45) is 0.988. The number of halogens is 1. The van der Waals surface area contributed by atoms with Crippen LogP contribution in [0, 0.1) is 0 Å². The van der Waals surface area contributed by atoms with Gasteiger partial charge in [0.15, 0.2) is 0 Å². The van der Waals surface area contributed by atoms with Gasteiger partial charge in [-0.25, -0.2) is 0 Å². The molecule has 0 fully saturated rings. The molecule has 1 aromatic heterocycles. The minimum Gasteiger partial charge on any atom is -0.492 e. The molecule has 1 heterocycles. The SMILES string of the molecule is CNC(COc1ccc(Cl)cc1)Cc1cccs1. The quantitative estimate of drug-likeness (QED) is 0.873. The molecule has 0 aliphatic rings. The smallest absolute Gasteiger partial charge is 0.119 e. The van der Waals surface area contributed by atoms with Crippen molar-refractivity contribution in [1.29, 1.82) is 0 Å². The first-order valence-electron chi connectivity index (χ1n) is 5.86. The molecule has 0 saturated carbocycles. The van der Waals surface area contributed by atoms with Gasteiger partial charge in [-0.1, -0.05) is 17.7 Å². The highest BCUT2D eigenvalue weighted by Crippen LogP contribution is 2.16. The predicted molar refractivity (Wildman–Crippen MR) is 77.8 cm³/mol. The van der Waals surface area contributed by atoms with Crippen LogP contribution in [0.2, 0.25) is 5.02 Å². The van der Waals surface area contributed by atoms with Crippen molar-refractivity contribution >= 4 is 22.9 Å². The topological polar surface area (TPSA) is 21.3 Å². The standard InChI is InChI=1S/C14H16ClNOS/c1-16-12(9-14-3-2-8-18-14)10-17-13-6-4-11(15)5-7-13/h2-8,12,16H,9-10H2,1H3. The molecule has 2 rings (SSSR count). The first-order valence-corrected chi connectivity index (χ1v) is 7.11. The average Bonchev–Trinajstić information content (AvgIpc) is 2.89. The number of hydrogen-bond acceptors (Lipinski definition) is 3. The maximum atomic E-state index is 5.83. The Morgan fingerprint density at radius 3 is 2.67 bits per heavy atom. The van der Waals surface area contributed by atoms with Crippen molar-refractivity contribution in [2.24, 2.45) is 0 Å². The lowest BCUT2D eigenvalue weighted by molar-refractivity contribution is 0.270. The van der Waals surface area contributed by atoms with E-state index >= 15 is 0 Å². The molecule has 0 aliphatic carbocycles. The lowest BCUT2D eigenvalue weighted by Crippen LogP contribution is -2.33. The summed E-state index contributed by atoms with van der Waals surface area (Å²) < 4.78 is 5.75. The van der Waals surface area contributed by atoms with Crippen LogP contribution in [0.4, 0.5) is 0 Å². The second-order valence-corrected chi connectivity index (χ2v) is 5.50. The molecule has 1 unspecified atom stereocenters. The largest absolute Gasteiger partial charge is 0.492 e. The second-order valence-electron chi connectivity index (χ2n) is 4.03. The van der Waals surface area contributed by atoms with E-state index in [0.717, 1.165) is 17.2 Å². The van der Waals surface area contributed by atoms with Crippen LogP contribution in [0.5, 0.6) is 5.75 Å². The molecule has 0 saturated heterocycles. The molecule has 96 valence electrons. The molecule has 1 N–H and O–H groups in total. The van der Waals surface area contributed by atoms with Crippen LogP contribution < -0.4 is 10.1 Å². The molecular weight excluding hydrogens is 266 g/mol. The van der Waals surface area contributed by atoms with Crippen molar-refractivity contribution in [3.8, 4) is 5.75 Å². The van der Waals surface area contributed by atoms with Crippen molar-refractivity contribution in [3.05, 3.63) is 51.7 Å². The average molecular weight is 282 g/mol. The Kier molecular flexibility index (Phi) is 5.05. The van der Waals surface area contributed by atoms with E-state index in [-0.39, 0.29) is 0 Å². The number of thiophene rings is 1. The molecule has 2 nitrogen and oxygen atoms in total. The van der Waals surface area contributed by atoms with Gasteiger partial charge in [0, 0.05) is 22.4 Å². The summed E-state index contributed by atoms with van der Waals surface area (Å²) in [5.74, 6) is 0.853. The van der Waals surface area contributed by atoms with Gasteiger partial charge in [0.2, 0.25) is 0 Å². The van der Waals surface area contributed by atoms with E-state index < -0.39 is 0 Å². The van der Waals surface area contributed by atoms with Crippen LogP contribution in [0.15, 0.2) is 41.8 Å². The predicted octanol–water partition coefficient (Wildman–Crippen LogP) is 3.61. The fraction of sp³-hybridized carbons (Fsp3) is 0.286. The molecule has 0 spiro atoms.